The van der Waals surface area contributed by atoms with Crippen LogP contribution in [0.1, 0.15) is 25.0 Å². The fourth-order valence-electron chi connectivity index (χ4n) is 3.02. The minimum absolute atomic E-state index is 0.0795. The van der Waals surface area contributed by atoms with Gasteiger partial charge in [-0.05, 0) is 35.4 Å². The van der Waals surface area contributed by atoms with Gasteiger partial charge in [0.15, 0.2) is 0 Å². The maximum Gasteiger partial charge on any atom is 0.113 e. The van der Waals surface area contributed by atoms with Crippen molar-refractivity contribution in [2.45, 2.75) is 19.3 Å². The number of hydrogen-bond acceptors (Lipinski definition) is 2. The summed E-state index contributed by atoms with van der Waals surface area (Å²) < 4.78 is 0. The minimum atomic E-state index is -0.0795. The Kier molecular flexibility index (Phi) is 3.42. The van der Waals surface area contributed by atoms with E-state index in [1.165, 1.54) is 11.1 Å². The second-order valence-corrected chi connectivity index (χ2v) is 6.52. The van der Waals surface area contributed by atoms with Gasteiger partial charge in [-0.25, -0.2) is 0 Å². The Morgan fingerprint density at radius 3 is 1.92 bits per heavy atom. The van der Waals surface area contributed by atoms with Crippen LogP contribution in [0, 0.1) is 0 Å². The normalized spacial score (nSPS) is 11.8. The lowest BCUT2D eigenvalue weighted by Gasteiger charge is -2.26. The maximum absolute atomic E-state index is 4.58. The van der Waals surface area contributed by atoms with E-state index < -0.39 is 0 Å². The van der Waals surface area contributed by atoms with Gasteiger partial charge in [0.2, 0.25) is 0 Å². The number of aromatic nitrogens is 3. The van der Waals surface area contributed by atoms with Gasteiger partial charge in [0.25, 0.3) is 0 Å². The molecule has 3 nitrogen and oxygen atoms in total. The average molecular weight is 313 g/mol. The van der Waals surface area contributed by atoms with Crippen LogP contribution in [-0.4, -0.2) is 15.0 Å². The molecule has 1 aromatic heterocycles. The first-order chi connectivity index (χ1) is 11.6. The van der Waals surface area contributed by atoms with Gasteiger partial charge >= 0.3 is 0 Å². The number of benzene rings is 3. The Labute approximate surface area is 141 Å². The third-order valence-corrected chi connectivity index (χ3v) is 4.58. The maximum atomic E-state index is 4.58. The molecule has 0 aliphatic carbocycles. The summed E-state index contributed by atoms with van der Waals surface area (Å²) in [5, 5.41) is 9.17. The molecule has 0 fully saturated rings. The number of fused-ring (bicyclic) bond motifs is 1. The van der Waals surface area contributed by atoms with Crippen molar-refractivity contribution < 1.29 is 0 Å². The topological polar surface area (TPSA) is 30.7 Å². The van der Waals surface area contributed by atoms with Crippen LogP contribution in [0.15, 0.2) is 78.9 Å². The Morgan fingerprint density at radius 2 is 1.25 bits per heavy atom. The van der Waals surface area contributed by atoms with Crippen molar-refractivity contribution in [2.75, 3.05) is 0 Å². The van der Waals surface area contributed by atoms with E-state index in [1.807, 2.05) is 30.3 Å². The van der Waals surface area contributed by atoms with Crippen molar-refractivity contribution >= 4 is 11.0 Å². The third-order valence-electron chi connectivity index (χ3n) is 4.58. The number of rotatable bonds is 3. The molecule has 0 amide bonds. The smallest absolute Gasteiger partial charge is 0.113 e. The molecule has 0 unspecified atom stereocenters. The molecule has 3 aromatic carbocycles. The molecule has 0 atom stereocenters. The van der Waals surface area contributed by atoms with E-state index in [2.05, 4.69) is 72.6 Å². The first-order valence-electron chi connectivity index (χ1n) is 8.13. The zero-order valence-electron chi connectivity index (χ0n) is 13.8. The van der Waals surface area contributed by atoms with Crippen LogP contribution in [0.4, 0.5) is 0 Å². The van der Waals surface area contributed by atoms with Crippen molar-refractivity contribution in [3.05, 3.63) is 90.0 Å². The minimum Gasteiger partial charge on any atom is -0.150 e. The summed E-state index contributed by atoms with van der Waals surface area (Å²) in [6.07, 6.45) is 0. The molecule has 3 heteroatoms. The van der Waals surface area contributed by atoms with Crippen LogP contribution in [0.25, 0.3) is 16.7 Å². The predicted molar refractivity (Wildman–Crippen MR) is 97.4 cm³/mol. The molecule has 0 spiro atoms. The standard InChI is InChI=1S/C21H19N3/c1-21(2,16-9-4-3-5-10-16)17-11-8-12-18(15-17)24-22-19-13-6-7-14-20(19)23-24/h3-15H,1-2H3. The molecule has 0 radical (unpaired) electrons. The number of nitrogens with zero attached hydrogens (tertiary/aromatic N) is 3. The molecule has 0 aliphatic heterocycles. The highest BCUT2D eigenvalue weighted by Crippen LogP contribution is 2.32. The van der Waals surface area contributed by atoms with Gasteiger partial charge in [0.1, 0.15) is 11.0 Å². The van der Waals surface area contributed by atoms with Gasteiger partial charge in [-0.3, -0.25) is 0 Å². The van der Waals surface area contributed by atoms with Gasteiger partial charge in [0.05, 0.1) is 5.69 Å². The van der Waals surface area contributed by atoms with Crippen LogP contribution < -0.4 is 0 Å². The largest absolute Gasteiger partial charge is 0.150 e. The van der Waals surface area contributed by atoms with Gasteiger partial charge < -0.3 is 0 Å². The summed E-state index contributed by atoms with van der Waals surface area (Å²) in [7, 11) is 0. The fourth-order valence-corrected chi connectivity index (χ4v) is 3.02. The van der Waals surface area contributed by atoms with E-state index in [9.17, 15) is 0 Å². The van der Waals surface area contributed by atoms with Crippen molar-refractivity contribution in [2.24, 2.45) is 0 Å². The lowest BCUT2D eigenvalue weighted by Crippen LogP contribution is -2.19. The summed E-state index contributed by atoms with van der Waals surface area (Å²) in [5.74, 6) is 0. The molecule has 118 valence electrons. The highest BCUT2D eigenvalue weighted by atomic mass is 15.5. The Hall–Kier alpha value is -2.94. The zero-order valence-corrected chi connectivity index (χ0v) is 13.8. The molecule has 0 bridgehead atoms. The van der Waals surface area contributed by atoms with Crippen LogP contribution >= 0.6 is 0 Å². The SMILES string of the molecule is CC(C)(c1ccccc1)c1cccc(-n2nc3ccccc3n2)c1. The van der Waals surface area contributed by atoms with Gasteiger partial charge in [-0.2, -0.15) is 4.80 Å². The Bertz CT molecular complexity index is 951. The molecule has 1 heterocycles. The second kappa shape index (κ2) is 5.60. The molecule has 4 rings (SSSR count). The van der Waals surface area contributed by atoms with Gasteiger partial charge in [-0.1, -0.05) is 68.4 Å². The van der Waals surface area contributed by atoms with Crippen LogP contribution in [0.5, 0.6) is 0 Å². The molecule has 0 N–H and O–H groups in total. The van der Waals surface area contributed by atoms with E-state index in [0.29, 0.717) is 0 Å². The van der Waals surface area contributed by atoms with Crippen molar-refractivity contribution in [1.82, 2.24) is 15.0 Å². The van der Waals surface area contributed by atoms with Crippen molar-refractivity contribution in [3.63, 3.8) is 0 Å². The molecular formula is C21H19N3. The van der Waals surface area contributed by atoms with Crippen LogP contribution in [-0.2, 0) is 5.41 Å². The Morgan fingerprint density at radius 1 is 0.667 bits per heavy atom. The average Bonchev–Trinajstić information content (AvgIpc) is 3.07. The molecule has 4 aromatic rings. The second-order valence-electron chi connectivity index (χ2n) is 6.52. The predicted octanol–water partition coefficient (Wildman–Crippen LogP) is 4.75. The fraction of sp³-hybridized carbons (Fsp3) is 0.143. The van der Waals surface area contributed by atoms with E-state index in [4.69, 9.17) is 0 Å². The summed E-state index contributed by atoms with van der Waals surface area (Å²) in [6, 6.07) is 27.0. The summed E-state index contributed by atoms with van der Waals surface area (Å²) in [5.41, 5.74) is 5.25. The zero-order chi connectivity index (χ0) is 16.6. The van der Waals surface area contributed by atoms with E-state index in [-0.39, 0.29) is 5.41 Å². The first-order valence-corrected chi connectivity index (χ1v) is 8.13. The van der Waals surface area contributed by atoms with Crippen LogP contribution in [0.3, 0.4) is 0 Å². The lowest BCUT2D eigenvalue weighted by atomic mass is 9.78. The quantitative estimate of drug-likeness (QED) is 0.546. The molecule has 0 saturated heterocycles. The van der Waals surface area contributed by atoms with Crippen molar-refractivity contribution in [1.29, 1.82) is 0 Å². The van der Waals surface area contributed by atoms with Crippen LogP contribution in [0.2, 0.25) is 0 Å². The van der Waals surface area contributed by atoms with E-state index in [0.717, 1.165) is 16.7 Å². The summed E-state index contributed by atoms with van der Waals surface area (Å²) in [6.45, 7) is 4.49. The molecule has 24 heavy (non-hydrogen) atoms. The highest BCUT2D eigenvalue weighted by molar-refractivity contribution is 5.73. The Balaban J connectivity index is 1.79. The first kappa shape index (κ1) is 14.6. The van der Waals surface area contributed by atoms with Gasteiger partial charge in [-0.15, -0.1) is 10.2 Å². The lowest BCUT2D eigenvalue weighted by molar-refractivity contribution is 0.638. The summed E-state index contributed by atoms with van der Waals surface area (Å²) in [4.78, 5) is 1.72. The monoisotopic (exact) mass is 313 g/mol. The number of hydrogen-bond donors (Lipinski definition) is 0. The van der Waals surface area contributed by atoms with Crippen molar-refractivity contribution in [3.8, 4) is 5.69 Å². The molecule has 0 aliphatic rings. The van der Waals surface area contributed by atoms with E-state index in [1.54, 1.807) is 4.80 Å². The van der Waals surface area contributed by atoms with E-state index >= 15 is 0 Å². The highest BCUT2D eigenvalue weighted by Gasteiger charge is 2.23. The van der Waals surface area contributed by atoms with Gasteiger partial charge in [0, 0.05) is 5.41 Å². The molecule has 0 saturated carbocycles. The third kappa shape index (κ3) is 2.48. The summed E-state index contributed by atoms with van der Waals surface area (Å²) >= 11 is 0. The molecular weight excluding hydrogens is 294 g/mol.